The summed E-state index contributed by atoms with van der Waals surface area (Å²) in [5.41, 5.74) is -1.87. The van der Waals surface area contributed by atoms with Gasteiger partial charge in [0.05, 0.1) is 12.2 Å². The zero-order valence-corrected chi connectivity index (χ0v) is 11.6. The van der Waals surface area contributed by atoms with Crippen LogP contribution in [0, 0.1) is 5.41 Å². The molecule has 1 N–H and O–H groups in total. The van der Waals surface area contributed by atoms with E-state index in [1.807, 2.05) is 0 Å². The van der Waals surface area contributed by atoms with Gasteiger partial charge in [0.2, 0.25) is 0 Å². The Hall–Kier alpha value is -0.900. The van der Waals surface area contributed by atoms with Gasteiger partial charge in [0.1, 0.15) is 11.2 Å². The van der Waals surface area contributed by atoms with Crippen molar-refractivity contribution < 1.29 is 19.4 Å². The lowest BCUT2D eigenvalue weighted by molar-refractivity contribution is -0.163. The topological polar surface area (TPSA) is 63.6 Å². The van der Waals surface area contributed by atoms with E-state index in [0.717, 1.165) is 12.8 Å². The van der Waals surface area contributed by atoms with E-state index in [1.54, 1.807) is 20.8 Å². The van der Waals surface area contributed by atoms with Crippen molar-refractivity contribution >= 4 is 11.8 Å². The molecule has 0 radical (unpaired) electrons. The number of ketones is 1. The van der Waals surface area contributed by atoms with Gasteiger partial charge in [0.25, 0.3) is 0 Å². The quantitative estimate of drug-likeness (QED) is 0.605. The summed E-state index contributed by atoms with van der Waals surface area (Å²) in [7, 11) is 0. The average molecular weight is 256 g/mol. The molecule has 0 amide bonds. The predicted molar refractivity (Wildman–Crippen MR) is 68.1 cm³/mol. The van der Waals surface area contributed by atoms with Crippen LogP contribution in [0.2, 0.25) is 0 Å². The van der Waals surface area contributed by atoms with Crippen LogP contribution >= 0.6 is 0 Å². The Morgan fingerprint density at radius 3 is 2.61 bits per heavy atom. The van der Waals surface area contributed by atoms with E-state index in [1.165, 1.54) is 0 Å². The van der Waals surface area contributed by atoms with Crippen LogP contribution in [0.25, 0.3) is 0 Å². The van der Waals surface area contributed by atoms with Crippen molar-refractivity contribution in [3.05, 3.63) is 0 Å². The Morgan fingerprint density at radius 2 is 2.11 bits per heavy atom. The highest BCUT2D eigenvalue weighted by atomic mass is 16.5. The van der Waals surface area contributed by atoms with Gasteiger partial charge in [-0.05, 0) is 46.5 Å². The molecule has 1 aliphatic carbocycles. The van der Waals surface area contributed by atoms with Crippen molar-refractivity contribution in [3.8, 4) is 0 Å². The van der Waals surface area contributed by atoms with Crippen molar-refractivity contribution in [1.29, 1.82) is 0 Å². The molecule has 0 saturated heterocycles. The molecule has 0 aliphatic heterocycles. The summed E-state index contributed by atoms with van der Waals surface area (Å²) in [6, 6.07) is 0. The molecular weight excluding hydrogens is 232 g/mol. The molecule has 1 rings (SSSR count). The summed E-state index contributed by atoms with van der Waals surface area (Å²) in [5.74, 6) is -0.421. The molecule has 1 fully saturated rings. The fraction of sp³-hybridized carbons (Fsp3) is 0.857. The summed E-state index contributed by atoms with van der Waals surface area (Å²) in [6.07, 6.45) is 3.54. The molecule has 0 aromatic carbocycles. The number of Topliss-reactive ketones (excluding diaryl/α,β-unsaturated/α-hetero) is 1. The van der Waals surface area contributed by atoms with E-state index in [0.29, 0.717) is 25.7 Å². The van der Waals surface area contributed by atoms with Crippen LogP contribution in [0.3, 0.4) is 0 Å². The zero-order chi connectivity index (χ0) is 13.8. The van der Waals surface area contributed by atoms with E-state index in [-0.39, 0.29) is 12.4 Å². The standard InChI is InChI=1S/C14H24O4/c1-4-18-12(16)14(10-9-13(2,3)17)8-6-5-7-11(14)15/h17H,4-10H2,1-3H3. The van der Waals surface area contributed by atoms with E-state index in [2.05, 4.69) is 0 Å². The first-order chi connectivity index (χ1) is 8.32. The van der Waals surface area contributed by atoms with Crippen LogP contribution in [0.15, 0.2) is 0 Å². The summed E-state index contributed by atoms with van der Waals surface area (Å²) in [4.78, 5) is 24.3. The minimum Gasteiger partial charge on any atom is -0.465 e. The van der Waals surface area contributed by atoms with Crippen molar-refractivity contribution in [1.82, 2.24) is 0 Å². The summed E-state index contributed by atoms with van der Waals surface area (Å²) >= 11 is 0. The number of aliphatic hydroxyl groups is 1. The Bertz CT molecular complexity index is 316. The molecule has 1 saturated carbocycles. The first kappa shape index (κ1) is 15.2. The molecule has 0 bridgehead atoms. The number of hydrogen-bond acceptors (Lipinski definition) is 4. The van der Waals surface area contributed by atoms with Gasteiger partial charge in [-0.3, -0.25) is 9.59 Å². The maximum atomic E-state index is 12.2. The lowest BCUT2D eigenvalue weighted by atomic mass is 9.69. The Morgan fingerprint density at radius 1 is 1.44 bits per heavy atom. The van der Waals surface area contributed by atoms with Crippen molar-refractivity contribution in [2.45, 2.75) is 64.9 Å². The van der Waals surface area contributed by atoms with Crippen LogP contribution in [-0.4, -0.2) is 29.1 Å². The van der Waals surface area contributed by atoms with E-state index in [9.17, 15) is 14.7 Å². The number of carbonyl (C=O) groups excluding carboxylic acids is 2. The number of rotatable bonds is 5. The van der Waals surface area contributed by atoms with E-state index >= 15 is 0 Å². The minimum atomic E-state index is -1.01. The average Bonchev–Trinajstić information content (AvgIpc) is 2.27. The molecule has 0 aromatic heterocycles. The fourth-order valence-electron chi connectivity index (χ4n) is 2.46. The molecule has 1 unspecified atom stereocenters. The SMILES string of the molecule is CCOC(=O)C1(CCC(C)(C)O)CCCCC1=O. The molecule has 1 aliphatic rings. The summed E-state index contributed by atoms with van der Waals surface area (Å²) < 4.78 is 5.08. The third-order valence-electron chi connectivity index (χ3n) is 3.62. The van der Waals surface area contributed by atoms with Gasteiger partial charge in [0.15, 0.2) is 0 Å². The first-order valence-corrected chi connectivity index (χ1v) is 6.75. The highest BCUT2D eigenvalue weighted by molar-refractivity contribution is 6.04. The molecule has 0 spiro atoms. The van der Waals surface area contributed by atoms with Crippen molar-refractivity contribution in [2.75, 3.05) is 6.61 Å². The normalized spacial score (nSPS) is 25.0. The third kappa shape index (κ3) is 3.55. The fourth-order valence-corrected chi connectivity index (χ4v) is 2.46. The molecule has 0 aromatic rings. The Kier molecular flexibility index (Phi) is 4.91. The van der Waals surface area contributed by atoms with Crippen LogP contribution in [-0.2, 0) is 14.3 Å². The molecule has 1 atom stereocenters. The van der Waals surface area contributed by atoms with Gasteiger partial charge < -0.3 is 9.84 Å². The second kappa shape index (κ2) is 5.83. The van der Waals surface area contributed by atoms with Gasteiger partial charge in [0, 0.05) is 6.42 Å². The number of hydrogen-bond donors (Lipinski definition) is 1. The minimum absolute atomic E-state index is 0.0172. The monoisotopic (exact) mass is 256 g/mol. The maximum Gasteiger partial charge on any atom is 0.319 e. The maximum absolute atomic E-state index is 12.2. The molecule has 0 heterocycles. The van der Waals surface area contributed by atoms with Gasteiger partial charge in [-0.25, -0.2) is 0 Å². The third-order valence-corrected chi connectivity index (χ3v) is 3.62. The highest BCUT2D eigenvalue weighted by Gasteiger charge is 2.48. The van der Waals surface area contributed by atoms with E-state index in [4.69, 9.17) is 4.74 Å². The predicted octanol–water partition coefficient (Wildman–Crippen LogP) is 2.23. The summed E-state index contributed by atoms with van der Waals surface area (Å²) in [6.45, 7) is 5.42. The Labute approximate surface area is 109 Å². The number of ether oxygens (including phenoxy) is 1. The molecule has 4 heteroatoms. The Balaban J connectivity index is 2.86. The zero-order valence-electron chi connectivity index (χ0n) is 11.6. The molecular formula is C14H24O4. The second-order valence-electron chi connectivity index (χ2n) is 5.75. The number of carbonyl (C=O) groups is 2. The number of esters is 1. The van der Waals surface area contributed by atoms with Crippen LogP contribution in [0.1, 0.15) is 59.3 Å². The smallest absolute Gasteiger partial charge is 0.319 e. The molecule has 4 nitrogen and oxygen atoms in total. The van der Waals surface area contributed by atoms with Crippen LogP contribution in [0.5, 0.6) is 0 Å². The van der Waals surface area contributed by atoms with Crippen molar-refractivity contribution in [2.24, 2.45) is 5.41 Å². The van der Waals surface area contributed by atoms with Gasteiger partial charge in [-0.15, -0.1) is 0 Å². The lowest BCUT2D eigenvalue weighted by Crippen LogP contribution is -2.44. The van der Waals surface area contributed by atoms with Gasteiger partial charge >= 0.3 is 5.97 Å². The van der Waals surface area contributed by atoms with Crippen molar-refractivity contribution in [3.63, 3.8) is 0 Å². The van der Waals surface area contributed by atoms with Crippen LogP contribution in [0.4, 0.5) is 0 Å². The molecule has 104 valence electrons. The lowest BCUT2D eigenvalue weighted by Gasteiger charge is -2.35. The van der Waals surface area contributed by atoms with Gasteiger partial charge in [-0.2, -0.15) is 0 Å². The molecule has 18 heavy (non-hydrogen) atoms. The first-order valence-electron chi connectivity index (χ1n) is 6.75. The largest absolute Gasteiger partial charge is 0.465 e. The van der Waals surface area contributed by atoms with E-state index < -0.39 is 17.0 Å². The highest BCUT2D eigenvalue weighted by Crippen LogP contribution is 2.40. The van der Waals surface area contributed by atoms with Crippen LogP contribution < -0.4 is 0 Å². The second-order valence-corrected chi connectivity index (χ2v) is 5.75. The summed E-state index contributed by atoms with van der Waals surface area (Å²) in [5, 5.41) is 9.80. The van der Waals surface area contributed by atoms with Gasteiger partial charge in [-0.1, -0.05) is 6.42 Å².